The summed E-state index contributed by atoms with van der Waals surface area (Å²) in [5, 5.41) is 0.640. The number of hydrogen-bond acceptors (Lipinski definition) is 5. The summed E-state index contributed by atoms with van der Waals surface area (Å²) in [6.07, 6.45) is 4.56. The maximum Gasteiger partial charge on any atom is 0.306 e. The number of aromatic nitrogens is 2. The van der Waals surface area contributed by atoms with E-state index in [1.165, 1.54) is 24.2 Å². The van der Waals surface area contributed by atoms with E-state index in [0.717, 1.165) is 23.3 Å². The molecule has 0 amide bonds. The summed E-state index contributed by atoms with van der Waals surface area (Å²) in [6, 6.07) is 0. The summed E-state index contributed by atoms with van der Waals surface area (Å²) in [5.74, 6) is 0.668. The minimum atomic E-state index is -0.538. The molecule has 6 heteroatoms. The van der Waals surface area contributed by atoms with Crippen molar-refractivity contribution in [2.45, 2.75) is 59.0 Å². The molecular weight excluding hydrogens is 312 g/mol. The molecule has 0 aliphatic heterocycles. The van der Waals surface area contributed by atoms with Gasteiger partial charge >= 0.3 is 5.97 Å². The van der Waals surface area contributed by atoms with Crippen molar-refractivity contribution >= 4 is 27.5 Å². The van der Waals surface area contributed by atoms with Crippen molar-refractivity contribution in [3.63, 3.8) is 0 Å². The van der Waals surface area contributed by atoms with Crippen LogP contribution >= 0.6 is 11.3 Å². The van der Waals surface area contributed by atoms with Gasteiger partial charge in [-0.05, 0) is 45.1 Å². The number of esters is 1. The number of nitrogens with one attached hydrogen (secondary N) is 1. The van der Waals surface area contributed by atoms with Gasteiger partial charge in [0.1, 0.15) is 4.83 Å². The van der Waals surface area contributed by atoms with Gasteiger partial charge in [-0.3, -0.25) is 9.59 Å². The highest BCUT2D eigenvalue weighted by molar-refractivity contribution is 7.18. The molecule has 1 aliphatic rings. The van der Waals surface area contributed by atoms with E-state index in [4.69, 9.17) is 4.74 Å². The fourth-order valence-electron chi connectivity index (χ4n) is 3.22. The lowest BCUT2D eigenvalue weighted by molar-refractivity contribution is -0.150. The van der Waals surface area contributed by atoms with Crippen molar-refractivity contribution in [2.24, 2.45) is 5.92 Å². The second-order valence-corrected chi connectivity index (χ2v) is 7.60. The Morgan fingerprint density at radius 2 is 2.09 bits per heavy atom. The maximum absolute atomic E-state index is 12.3. The molecule has 0 spiro atoms. The third-order valence-electron chi connectivity index (χ3n) is 4.68. The number of hydrogen-bond donors (Lipinski definition) is 1. The summed E-state index contributed by atoms with van der Waals surface area (Å²) < 4.78 is 5.47. The fraction of sp³-hybridized carbons (Fsp3) is 0.588. The van der Waals surface area contributed by atoms with E-state index in [1.807, 2.05) is 13.8 Å². The predicted octanol–water partition coefficient (Wildman–Crippen LogP) is 3.79. The smallest absolute Gasteiger partial charge is 0.306 e. The van der Waals surface area contributed by atoms with Crippen LogP contribution in [0.15, 0.2) is 4.79 Å². The van der Waals surface area contributed by atoms with E-state index in [9.17, 15) is 9.59 Å². The van der Waals surface area contributed by atoms with Crippen molar-refractivity contribution in [3.8, 4) is 0 Å². The quantitative estimate of drug-likeness (QED) is 0.864. The van der Waals surface area contributed by atoms with Crippen LogP contribution in [-0.4, -0.2) is 15.9 Å². The average molecular weight is 334 g/mol. The first-order chi connectivity index (χ1) is 11.0. The molecule has 23 heavy (non-hydrogen) atoms. The molecular formula is C17H22N2O3S. The summed E-state index contributed by atoms with van der Waals surface area (Å²) in [7, 11) is 0. The standard InChI is InChI=1S/C17H22N2O3S/c1-9-11(3)23-17-14(9)16(21)18-15(19-17)10(2)22-13(20)8-12-6-4-5-7-12/h10,12H,4-8H2,1-3H3,(H,18,19,21)/t10-/m1/s1. The highest BCUT2D eigenvalue weighted by atomic mass is 32.1. The summed E-state index contributed by atoms with van der Waals surface area (Å²) in [5.41, 5.74) is 0.807. The van der Waals surface area contributed by atoms with Crippen LogP contribution in [0.4, 0.5) is 0 Å². The maximum atomic E-state index is 12.3. The molecule has 1 atom stereocenters. The average Bonchev–Trinajstić information content (AvgIpc) is 3.07. The van der Waals surface area contributed by atoms with Gasteiger partial charge in [-0.1, -0.05) is 12.8 Å². The summed E-state index contributed by atoms with van der Waals surface area (Å²) >= 11 is 1.50. The molecule has 1 aliphatic carbocycles. The molecule has 1 saturated carbocycles. The van der Waals surface area contributed by atoms with Crippen molar-refractivity contribution in [3.05, 3.63) is 26.6 Å². The lowest BCUT2D eigenvalue weighted by atomic mass is 10.0. The van der Waals surface area contributed by atoms with Crippen molar-refractivity contribution in [2.75, 3.05) is 0 Å². The van der Waals surface area contributed by atoms with Crippen LogP contribution in [0.5, 0.6) is 0 Å². The summed E-state index contributed by atoms with van der Waals surface area (Å²) in [6.45, 7) is 5.66. The number of aryl methyl sites for hydroxylation is 2. The van der Waals surface area contributed by atoms with Crippen LogP contribution < -0.4 is 5.56 Å². The molecule has 0 radical (unpaired) electrons. The third-order valence-corrected chi connectivity index (χ3v) is 5.78. The zero-order valence-electron chi connectivity index (χ0n) is 13.8. The number of rotatable bonds is 4. The Balaban J connectivity index is 1.76. The Hall–Kier alpha value is -1.69. The van der Waals surface area contributed by atoms with Gasteiger partial charge in [-0.25, -0.2) is 4.98 Å². The lowest BCUT2D eigenvalue weighted by Crippen LogP contribution is -2.18. The molecule has 1 N–H and O–H groups in total. The zero-order chi connectivity index (χ0) is 16.6. The Bertz CT molecular complexity index is 787. The lowest BCUT2D eigenvalue weighted by Gasteiger charge is -2.14. The van der Waals surface area contributed by atoms with Gasteiger partial charge in [0.15, 0.2) is 11.9 Å². The number of fused-ring (bicyclic) bond motifs is 1. The summed E-state index contributed by atoms with van der Waals surface area (Å²) in [4.78, 5) is 33.4. The Kier molecular flexibility index (Phi) is 4.53. The van der Waals surface area contributed by atoms with Crippen molar-refractivity contribution in [1.82, 2.24) is 9.97 Å². The van der Waals surface area contributed by atoms with Gasteiger partial charge in [0.05, 0.1) is 5.39 Å². The van der Waals surface area contributed by atoms with Gasteiger partial charge in [0.25, 0.3) is 5.56 Å². The molecule has 1 fully saturated rings. The van der Waals surface area contributed by atoms with E-state index in [0.29, 0.717) is 28.4 Å². The van der Waals surface area contributed by atoms with Crippen LogP contribution in [0, 0.1) is 19.8 Å². The van der Waals surface area contributed by atoms with Crippen LogP contribution in [0.25, 0.3) is 10.2 Å². The molecule has 0 aromatic carbocycles. The SMILES string of the molecule is Cc1sc2nc([C@@H](C)OC(=O)CC3CCCC3)[nH]c(=O)c2c1C. The molecule has 2 heterocycles. The molecule has 5 nitrogen and oxygen atoms in total. The second kappa shape index (κ2) is 6.43. The van der Waals surface area contributed by atoms with Gasteiger partial charge in [0, 0.05) is 11.3 Å². The first kappa shape index (κ1) is 16.2. The molecule has 2 aromatic heterocycles. The Labute approximate surface area is 139 Å². The van der Waals surface area contributed by atoms with E-state index in [2.05, 4.69) is 9.97 Å². The van der Waals surface area contributed by atoms with Crippen molar-refractivity contribution in [1.29, 1.82) is 0 Å². The number of ether oxygens (including phenoxy) is 1. The number of H-pyrrole nitrogens is 1. The minimum Gasteiger partial charge on any atom is -0.454 e. The first-order valence-electron chi connectivity index (χ1n) is 8.15. The topological polar surface area (TPSA) is 72.0 Å². The van der Waals surface area contributed by atoms with Crippen LogP contribution in [0.2, 0.25) is 0 Å². The first-order valence-corrected chi connectivity index (χ1v) is 8.96. The second-order valence-electron chi connectivity index (χ2n) is 6.40. The predicted molar refractivity (Wildman–Crippen MR) is 90.8 cm³/mol. The number of nitrogens with zero attached hydrogens (tertiary/aromatic N) is 1. The Morgan fingerprint density at radius 3 is 2.78 bits per heavy atom. The van der Waals surface area contributed by atoms with Gasteiger partial charge < -0.3 is 9.72 Å². The van der Waals surface area contributed by atoms with E-state index < -0.39 is 6.10 Å². The van der Waals surface area contributed by atoms with E-state index in [1.54, 1.807) is 6.92 Å². The van der Waals surface area contributed by atoms with E-state index >= 15 is 0 Å². The zero-order valence-corrected chi connectivity index (χ0v) is 14.6. The highest BCUT2D eigenvalue weighted by Crippen LogP contribution is 2.29. The Morgan fingerprint density at radius 1 is 1.39 bits per heavy atom. The minimum absolute atomic E-state index is 0.162. The van der Waals surface area contributed by atoms with Gasteiger partial charge in [0.2, 0.25) is 0 Å². The van der Waals surface area contributed by atoms with Crippen LogP contribution in [-0.2, 0) is 9.53 Å². The van der Waals surface area contributed by atoms with Crippen molar-refractivity contribution < 1.29 is 9.53 Å². The molecule has 0 saturated heterocycles. The normalized spacial score (nSPS) is 16.8. The van der Waals surface area contributed by atoms with Crippen LogP contribution in [0.1, 0.15) is 61.4 Å². The largest absolute Gasteiger partial charge is 0.454 e. The number of aromatic amines is 1. The molecule has 124 valence electrons. The highest BCUT2D eigenvalue weighted by Gasteiger charge is 2.22. The van der Waals surface area contributed by atoms with Crippen LogP contribution in [0.3, 0.4) is 0 Å². The number of carbonyl (C=O) groups is 1. The van der Waals surface area contributed by atoms with Gasteiger partial charge in [-0.15, -0.1) is 11.3 Å². The number of thiophene rings is 1. The third kappa shape index (κ3) is 3.32. The van der Waals surface area contributed by atoms with Gasteiger partial charge in [-0.2, -0.15) is 0 Å². The molecule has 3 rings (SSSR count). The number of carbonyl (C=O) groups excluding carboxylic acids is 1. The molecule has 2 aromatic rings. The fourth-order valence-corrected chi connectivity index (χ4v) is 4.25. The molecule has 0 unspecified atom stereocenters. The molecule has 0 bridgehead atoms. The van der Waals surface area contributed by atoms with E-state index in [-0.39, 0.29) is 11.5 Å². The monoisotopic (exact) mass is 334 g/mol.